The third-order valence-corrected chi connectivity index (χ3v) is 16.0. The predicted octanol–water partition coefficient (Wildman–Crippen LogP) is 11.3. The van der Waals surface area contributed by atoms with Crippen LogP contribution in [0.3, 0.4) is 0 Å². The smallest absolute Gasteiger partial charge is 0.338 e. The Hall–Kier alpha value is -6.42. The van der Waals surface area contributed by atoms with Gasteiger partial charge in [-0.05, 0) is 145 Å². The molecule has 462 valence electrons. The van der Waals surface area contributed by atoms with Crippen LogP contribution >= 0.6 is 0 Å². The van der Waals surface area contributed by atoms with Crippen molar-refractivity contribution in [2.45, 2.75) is 93.3 Å². The Morgan fingerprint density at radius 3 is 1.16 bits per heavy atom. The van der Waals surface area contributed by atoms with Gasteiger partial charge >= 0.3 is 11.9 Å². The lowest BCUT2D eigenvalue weighted by molar-refractivity contribution is -0.0689. The van der Waals surface area contributed by atoms with Crippen LogP contribution in [-0.2, 0) is 69.7 Å². The lowest BCUT2D eigenvalue weighted by Crippen LogP contribution is -2.29. The van der Waals surface area contributed by atoms with Crippen LogP contribution in [0.4, 0.5) is 0 Å². The Balaban J connectivity index is 1.13. The van der Waals surface area contributed by atoms with Crippen molar-refractivity contribution >= 4 is 56.3 Å². The van der Waals surface area contributed by atoms with Gasteiger partial charge in [0, 0.05) is 22.2 Å². The van der Waals surface area contributed by atoms with Crippen LogP contribution in [0.15, 0.2) is 60.7 Å². The van der Waals surface area contributed by atoms with Crippen molar-refractivity contribution < 1.29 is 66.4 Å². The highest BCUT2D eigenvalue weighted by Crippen LogP contribution is 2.44. The summed E-state index contributed by atoms with van der Waals surface area (Å²) in [6, 6.07) is 19.6. The monoisotopic (exact) mass is 1180 g/mol. The van der Waals surface area contributed by atoms with Gasteiger partial charge in [-0.1, -0.05) is 52.0 Å². The van der Waals surface area contributed by atoms with E-state index in [4.69, 9.17) is 66.8 Å². The quantitative estimate of drug-likeness (QED) is 0.112. The molecule has 0 saturated carbocycles. The third kappa shape index (κ3) is 15.8. The molecule has 2 saturated heterocycles. The minimum absolute atomic E-state index is 0.0174. The van der Waals surface area contributed by atoms with E-state index in [2.05, 4.69) is 77.5 Å². The maximum atomic E-state index is 14.2. The molecule has 9 rings (SSSR count). The molecule has 4 aliphatic rings. The number of nitrogens with one attached hydrogen (secondary N) is 2. The average Bonchev–Trinajstić information content (AvgIpc) is 3.12. The summed E-state index contributed by atoms with van der Waals surface area (Å²) < 4.78 is 69.7. The molecule has 18 nitrogen and oxygen atoms in total. The molecule has 8 bridgehead atoms. The van der Waals surface area contributed by atoms with Gasteiger partial charge in [-0.2, -0.15) is 0 Å². The summed E-state index contributed by atoms with van der Waals surface area (Å²) in [5.41, 5.74) is 19.8. The van der Waals surface area contributed by atoms with Crippen molar-refractivity contribution in [1.29, 1.82) is 0 Å². The topological polar surface area (TPSA) is 202 Å². The van der Waals surface area contributed by atoms with Crippen LogP contribution < -0.4 is 0 Å². The van der Waals surface area contributed by atoms with E-state index >= 15 is 0 Å². The van der Waals surface area contributed by atoms with Crippen molar-refractivity contribution in [3.05, 3.63) is 117 Å². The number of aromatic nitrogens is 4. The SMILES string of the molecule is CCC1=C(C)c2nc1cc1[nH]c(c(C)c1CC)c(-c1cccc(C(=O)OCC3COCCOCCOCCOCCO3)c1)c1nc(cc3[nH]c(c(C)c3CC)c2-c2cccc(C(=O)OCC3COCCOCCOCCOCCO3)c2)C(CC)=C1C. The predicted molar refractivity (Wildman–Crippen MR) is 332 cm³/mol. The number of allylic oxidation sites excluding steroid dienone is 4. The van der Waals surface area contributed by atoms with E-state index in [1.165, 1.54) is 0 Å². The number of carbonyl (C=O) groups is 2. The fourth-order valence-electron chi connectivity index (χ4n) is 11.6. The number of benzene rings is 2. The highest BCUT2D eigenvalue weighted by atomic mass is 16.6. The summed E-state index contributed by atoms with van der Waals surface area (Å²) >= 11 is 0. The number of fused-ring (bicyclic) bond motifs is 8. The summed E-state index contributed by atoms with van der Waals surface area (Å²) in [5.74, 6) is -0.972. The highest BCUT2D eigenvalue weighted by Gasteiger charge is 2.27. The maximum absolute atomic E-state index is 14.2. The third-order valence-electron chi connectivity index (χ3n) is 16.0. The van der Waals surface area contributed by atoms with Gasteiger partial charge in [-0.3, -0.25) is 0 Å². The van der Waals surface area contributed by atoms with Gasteiger partial charge < -0.3 is 66.8 Å². The van der Waals surface area contributed by atoms with Crippen molar-refractivity contribution in [2.75, 3.05) is 132 Å². The zero-order valence-electron chi connectivity index (χ0n) is 51.5. The summed E-state index contributed by atoms with van der Waals surface area (Å²) in [7, 11) is 0. The maximum Gasteiger partial charge on any atom is 0.338 e. The Kier molecular flexibility index (Phi) is 23.8. The summed E-state index contributed by atoms with van der Waals surface area (Å²) in [6.07, 6.45) is 1.87. The van der Waals surface area contributed by atoms with Gasteiger partial charge in [0.05, 0.1) is 164 Å². The number of aromatic amines is 2. The molecule has 2 N–H and O–H groups in total. The second kappa shape index (κ2) is 32.0. The zero-order chi connectivity index (χ0) is 60.4. The molecule has 3 aromatic heterocycles. The average molecular weight is 1180 g/mol. The van der Waals surface area contributed by atoms with Crippen LogP contribution in [0.25, 0.3) is 66.6 Å². The van der Waals surface area contributed by atoms with Gasteiger partial charge in [0.2, 0.25) is 0 Å². The minimum Gasteiger partial charge on any atom is -0.459 e. The fraction of sp³-hybridized carbons (Fsp3) is 0.500. The Morgan fingerprint density at radius 1 is 0.465 bits per heavy atom. The molecule has 4 aliphatic heterocycles. The molecule has 2 unspecified atom stereocenters. The van der Waals surface area contributed by atoms with E-state index < -0.39 is 24.1 Å². The molecule has 0 amide bonds. The molecule has 0 radical (unpaired) electrons. The number of rotatable bonds is 12. The first-order valence-corrected chi connectivity index (χ1v) is 30.6. The zero-order valence-corrected chi connectivity index (χ0v) is 51.5. The number of esters is 2. The van der Waals surface area contributed by atoms with Crippen LogP contribution in [-0.4, -0.2) is 176 Å². The number of hydrogen-bond acceptors (Lipinski definition) is 16. The molecular weight excluding hydrogens is 1100 g/mol. The van der Waals surface area contributed by atoms with Crippen molar-refractivity contribution in [3.8, 4) is 22.3 Å². The van der Waals surface area contributed by atoms with Gasteiger partial charge in [-0.25, -0.2) is 19.6 Å². The number of aryl methyl sites for hydroxylation is 4. The van der Waals surface area contributed by atoms with Crippen molar-refractivity contribution in [3.63, 3.8) is 0 Å². The normalized spacial score (nSPS) is 18.8. The summed E-state index contributed by atoms with van der Waals surface area (Å²) in [5, 5.41) is 0. The summed E-state index contributed by atoms with van der Waals surface area (Å²) in [6.45, 7) is 24.3. The lowest BCUT2D eigenvalue weighted by atomic mass is 9.94. The molecule has 2 aromatic carbocycles. The van der Waals surface area contributed by atoms with Crippen LogP contribution in [0, 0.1) is 13.8 Å². The number of carbonyl (C=O) groups excluding carboxylic acids is 2. The second-order valence-electron chi connectivity index (χ2n) is 21.6. The molecule has 86 heavy (non-hydrogen) atoms. The second-order valence-corrected chi connectivity index (χ2v) is 21.6. The molecule has 7 heterocycles. The fourth-order valence-corrected chi connectivity index (χ4v) is 11.6. The van der Waals surface area contributed by atoms with Gasteiger partial charge in [0.1, 0.15) is 25.4 Å². The van der Waals surface area contributed by atoms with E-state index in [1.807, 2.05) is 36.4 Å². The van der Waals surface area contributed by atoms with Crippen LogP contribution in [0.2, 0.25) is 0 Å². The van der Waals surface area contributed by atoms with E-state index in [0.29, 0.717) is 117 Å². The van der Waals surface area contributed by atoms with E-state index in [0.717, 1.165) is 137 Å². The van der Waals surface area contributed by atoms with Gasteiger partial charge in [-0.15, -0.1) is 0 Å². The van der Waals surface area contributed by atoms with E-state index in [1.54, 1.807) is 12.1 Å². The molecule has 2 atom stereocenters. The molecule has 2 fully saturated rings. The first-order chi connectivity index (χ1) is 42.0. The number of ether oxygens (including phenoxy) is 12. The Bertz CT molecular complexity index is 3130. The van der Waals surface area contributed by atoms with Crippen LogP contribution in [0.5, 0.6) is 0 Å². The number of hydrogen-bond donors (Lipinski definition) is 2. The van der Waals surface area contributed by atoms with Crippen molar-refractivity contribution in [2.24, 2.45) is 0 Å². The lowest BCUT2D eigenvalue weighted by Gasteiger charge is -2.18. The van der Waals surface area contributed by atoms with Crippen molar-refractivity contribution in [1.82, 2.24) is 19.9 Å². The molecule has 0 aliphatic carbocycles. The van der Waals surface area contributed by atoms with E-state index in [9.17, 15) is 9.59 Å². The molecule has 5 aromatic rings. The highest BCUT2D eigenvalue weighted by molar-refractivity contribution is 6.04. The Labute approximate surface area is 505 Å². The summed E-state index contributed by atoms with van der Waals surface area (Å²) in [4.78, 5) is 47.4. The molecule has 18 heteroatoms. The molecule has 0 spiro atoms. The van der Waals surface area contributed by atoms with Crippen LogP contribution in [0.1, 0.15) is 120 Å². The van der Waals surface area contributed by atoms with E-state index in [-0.39, 0.29) is 26.4 Å². The van der Waals surface area contributed by atoms with Gasteiger partial charge in [0.15, 0.2) is 0 Å². The first-order valence-electron chi connectivity index (χ1n) is 30.6. The standard InChI is InChI=1S/C68H86N4O14/c1-9-53-43(5)63-61(47-15-13-17-49(35-47)67(73)85-41-51-39-81-29-27-77-21-19-75-23-25-79-31-33-83-51)64-45(7)55(11-3)59(71-64)38-60-56(12-4)46(8)66(72-60)62(65-44(6)54(10-2)58(70-65)37-57(53)69-63)48-16-14-18-50(36-48)68(74)86-42-52-40-82-30-28-78-22-20-76-24-26-80-32-34-84-52/h13-18,35-38,51-52,69,72H,9-12,19-34,39-42H2,1-8H3. The van der Waals surface area contributed by atoms with Gasteiger partial charge in [0.25, 0.3) is 0 Å². The Morgan fingerprint density at radius 2 is 0.814 bits per heavy atom. The minimum atomic E-state index is -0.520. The molecular formula is C68H86N4O14. The largest absolute Gasteiger partial charge is 0.459 e. The number of H-pyrrole nitrogens is 2. The first kappa shape index (κ1) is 64.1. The number of nitrogens with zero attached hydrogens (tertiary/aromatic N) is 2.